The first-order valence-electron chi connectivity index (χ1n) is 9.63. The lowest BCUT2D eigenvalue weighted by molar-refractivity contribution is 0.665. The first kappa shape index (κ1) is 18.5. The highest BCUT2D eigenvalue weighted by molar-refractivity contribution is 7.29. The maximum absolute atomic E-state index is 4.61. The van der Waals surface area contributed by atoms with Gasteiger partial charge in [0.05, 0.1) is 4.88 Å². The van der Waals surface area contributed by atoms with Crippen LogP contribution in [-0.2, 0) is 12.8 Å². The van der Waals surface area contributed by atoms with Crippen molar-refractivity contribution in [1.29, 1.82) is 0 Å². The molecule has 2 nitrogen and oxygen atoms in total. The first-order valence-corrected chi connectivity index (χ1v) is 11.3. The van der Waals surface area contributed by atoms with Crippen molar-refractivity contribution in [2.75, 3.05) is 0 Å². The molecule has 0 radical (unpaired) electrons. The molecule has 0 saturated heterocycles. The maximum Gasteiger partial charge on any atom is 0.169 e. The quantitative estimate of drug-likeness (QED) is 0.350. The van der Waals surface area contributed by atoms with Crippen molar-refractivity contribution in [3.8, 4) is 10.7 Å². The van der Waals surface area contributed by atoms with Gasteiger partial charge in [0.25, 0.3) is 0 Å². The van der Waals surface area contributed by atoms with Crippen LogP contribution in [0.25, 0.3) is 20.1 Å². The molecule has 0 aromatic carbocycles. The Hall–Kier alpha value is -1.26. The van der Waals surface area contributed by atoms with Crippen LogP contribution in [-0.4, -0.2) is 9.97 Å². The average Bonchev–Trinajstić information content (AvgIpc) is 3.18. The van der Waals surface area contributed by atoms with Crippen LogP contribution in [0.4, 0.5) is 0 Å². The number of hydrogen-bond donors (Lipinski definition) is 0. The van der Waals surface area contributed by atoms with Crippen LogP contribution in [0.5, 0.6) is 0 Å². The second kappa shape index (κ2) is 9.44. The molecule has 0 aliphatic heterocycles. The van der Waals surface area contributed by atoms with Crippen molar-refractivity contribution in [3.63, 3.8) is 0 Å². The highest BCUT2D eigenvalue weighted by atomic mass is 32.1. The van der Waals surface area contributed by atoms with E-state index in [-0.39, 0.29) is 0 Å². The molecule has 0 bridgehead atoms. The zero-order valence-electron chi connectivity index (χ0n) is 15.4. The summed E-state index contributed by atoms with van der Waals surface area (Å²) in [6.45, 7) is 4.51. The molecule has 0 unspecified atom stereocenters. The van der Waals surface area contributed by atoms with Gasteiger partial charge >= 0.3 is 0 Å². The van der Waals surface area contributed by atoms with E-state index in [1.165, 1.54) is 76.1 Å². The number of aryl methyl sites for hydroxylation is 2. The second-order valence-electron chi connectivity index (χ2n) is 6.73. The summed E-state index contributed by atoms with van der Waals surface area (Å²) in [6.07, 6.45) is 15.4. The van der Waals surface area contributed by atoms with E-state index >= 15 is 0 Å². The Labute approximate surface area is 159 Å². The summed E-state index contributed by atoms with van der Waals surface area (Å²) in [6, 6.07) is 4.64. The predicted octanol–water partition coefficient (Wildman–Crippen LogP) is 7.28. The standard InChI is InChI=1S/C21H28N2S2/c1-3-5-7-9-10-16-14-22-21(23-15-16)20-13-19-18(25-20)12-17(24-19)11-8-6-4-2/h12-15H,3-11H2,1-2H3. The third-order valence-electron chi connectivity index (χ3n) is 4.53. The molecule has 3 rings (SSSR count). The van der Waals surface area contributed by atoms with Crippen molar-refractivity contribution >= 4 is 32.1 Å². The van der Waals surface area contributed by atoms with Crippen LogP contribution in [0.1, 0.15) is 69.2 Å². The molecule has 0 saturated carbocycles. The summed E-state index contributed by atoms with van der Waals surface area (Å²) in [4.78, 5) is 11.9. The van der Waals surface area contributed by atoms with E-state index in [0.29, 0.717) is 0 Å². The maximum atomic E-state index is 4.61. The molecule has 3 heterocycles. The number of rotatable bonds is 10. The second-order valence-corrected chi connectivity index (χ2v) is 8.99. The lowest BCUT2D eigenvalue weighted by atomic mass is 10.1. The Morgan fingerprint density at radius 3 is 2.16 bits per heavy atom. The third kappa shape index (κ3) is 5.11. The Balaban J connectivity index is 1.62. The number of aromatic nitrogens is 2. The zero-order chi connectivity index (χ0) is 17.5. The van der Waals surface area contributed by atoms with Gasteiger partial charge in [0.2, 0.25) is 0 Å². The monoisotopic (exact) mass is 372 g/mol. The molecule has 25 heavy (non-hydrogen) atoms. The van der Waals surface area contributed by atoms with Crippen molar-refractivity contribution in [1.82, 2.24) is 9.97 Å². The average molecular weight is 373 g/mol. The summed E-state index contributed by atoms with van der Waals surface area (Å²) in [5.41, 5.74) is 1.26. The molecule has 0 aliphatic rings. The molecule has 0 amide bonds. The van der Waals surface area contributed by atoms with Crippen LogP contribution < -0.4 is 0 Å². The topological polar surface area (TPSA) is 25.8 Å². The lowest BCUT2D eigenvalue weighted by Crippen LogP contribution is -1.92. The van der Waals surface area contributed by atoms with E-state index < -0.39 is 0 Å². The van der Waals surface area contributed by atoms with Crippen molar-refractivity contribution in [2.24, 2.45) is 0 Å². The van der Waals surface area contributed by atoms with Crippen LogP contribution >= 0.6 is 22.7 Å². The minimum absolute atomic E-state index is 0.873. The summed E-state index contributed by atoms with van der Waals surface area (Å²) in [5.74, 6) is 0.873. The predicted molar refractivity (Wildman–Crippen MR) is 112 cm³/mol. The van der Waals surface area contributed by atoms with E-state index in [9.17, 15) is 0 Å². The zero-order valence-corrected chi connectivity index (χ0v) is 17.0. The van der Waals surface area contributed by atoms with Gasteiger partial charge in [-0.05, 0) is 43.4 Å². The normalized spacial score (nSPS) is 11.4. The fourth-order valence-electron chi connectivity index (χ4n) is 3.04. The molecule has 0 N–H and O–H groups in total. The van der Waals surface area contributed by atoms with E-state index in [1.807, 2.05) is 35.1 Å². The molecular formula is C21H28N2S2. The largest absolute Gasteiger partial charge is 0.236 e. The summed E-state index contributed by atoms with van der Waals surface area (Å²) in [5, 5.41) is 0. The number of hydrogen-bond acceptors (Lipinski definition) is 4. The number of nitrogens with zero attached hydrogens (tertiary/aromatic N) is 2. The Morgan fingerprint density at radius 1 is 0.760 bits per heavy atom. The first-order chi connectivity index (χ1) is 12.3. The van der Waals surface area contributed by atoms with Crippen LogP contribution in [0.15, 0.2) is 24.5 Å². The molecular weight excluding hydrogens is 344 g/mol. The Kier molecular flexibility index (Phi) is 7.00. The molecule has 3 aromatic rings. The molecule has 3 aromatic heterocycles. The van der Waals surface area contributed by atoms with Crippen LogP contribution in [0.3, 0.4) is 0 Å². The lowest BCUT2D eigenvalue weighted by Gasteiger charge is -2.01. The highest BCUT2D eigenvalue weighted by Gasteiger charge is 2.10. The van der Waals surface area contributed by atoms with Gasteiger partial charge in [-0.25, -0.2) is 9.97 Å². The van der Waals surface area contributed by atoms with Gasteiger partial charge < -0.3 is 0 Å². The fraction of sp³-hybridized carbons (Fsp3) is 0.524. The van der Waals surface area contributed by atoms with Gasteiger partial charge in [-0.2, -0.15) is 0 Å². The highest BCUT2D eigenvalue weighted by Crippen LogP contribution is 2.37. The molecule has 0 fully saturated rings. The smallest absolute Gasteiger partial charge is 0.169 e. The minimum Gasteiger partial charge on any atom is -0.236 e. The van der Waals surface area contributed by atoms with Crippen molar-refractivity contribution < 1.29 is 0 Å². The minimum atomic E-state index is 0.873. The molecule has 4 heteroatoms. The van der Waals surface area contributed by atoms with E-state index in [4.69, 9.17) is 0 Å². The summed E-state index contributed by atoms with van der Waals surface area (Å²) >= 11 is 3.76. The van der Waals surface area contributed by atoms with E-state index in [1.54, 1.807) is 0 Å². The van der Waals surface area contributed by atoms with Gasteiger partial charge in [-0.1, -0.05) is 46.0 Å². The Bertz CT molecular complexity index is 739. The molecule has 0 spiro atoms. The molecule has 134 valence electrons. The number of fused-ring (bicyclic) bond motifs is 1. The van der Waals surface area contributed by atoms with Gasteiger partial charge in [-0.3, -0.25) is 0 Å². The van der Waals surface area contributed by atoms with Crippen molar-refractivity contribution in [2.45, 2.75) is 71.6 Å². The number of unbranched alkanes of at least 4 members (excludes halogenated alkanes) is 5. The SMILES string of the molecule is CCCCCCc1cnc(-c2cc3sc(CCCCC)cc3s2)nc1. The van der Waals surface area contributed by atoms with Gasteiger partial charge in [0.15, 0.2) is 5.82 Å². The summed E-state index contributed by atoms with van der Waals surface area (Å²) in [7, 11) is 0. The van der Waals surface area contributed by atoms with Gasteiger partial charge in [0, 0.05) is 26.7 Å². The molecule has 0 atom stereocenters. The van der Waals surface area contributed by atoms with E-state index in [0.717, 1.165) is 12.2 Å². The third-order valence-corrected chi connectivity index (χ3v) is 6.88. The van der Waals surface area contributed by atoms with Crippen LogP contribution in [0, 0.1) is 0 Å². The van der Waals surface area contributed by atoms with Crippen LogP contribution in [0.2, 0.25) is 0 Å². The van der Waals surface area contributed by atoms with Gasteiger partial charge in [-0.15, -0.1) is 22.7 Å². The fourth-order valence-corrected chi connectivity index (χ4v) is 5.45. The Morgan fingerprint density at radius 2 is 1.44 bits per heavy atom. The van der Waals surface area contributed by atoms with E-state index in [2.05, 4.69) is 35.9 Å². The summed E-state index contributed by atoms with van der Waals surface area (Å²) < 4.78 is 2.78. The van der Waals surface area contributed by atoms with Gasteiger partial charge in [0.1, 0.15) is 0 Å². The molecule has 0 aliphatic carbocycles. The number of thiophene rings is 2. The van der Waals surface area contributed by atoms with Crippen molar-refractivity contribution in [3.05, 3.63) is 35.0 Å².